The van der Waals surface area contributed by atoms with E-state index < -0.39 is 6.04 Å². The number of aromatic hydroxyl groups is 1. The molecule has 2 N–H and O–H groups in total. The molecule has 2 aliphatic rings. The maximum absolute atomic E-state index is 13.2. The van der Waals surface area contributed by atoms with Gasteiger partial charge in [0, 0.05) is 23.6 Å². The number of anilines is 1. The maximum Gasteiger partial charge on any atom is 0.226 e. The number of allylic oxidation sites excluding steroid dienone is 2. The molecule has 0 amide bonds. The van der Waals surface area contributed by atoms with E-state index >= 15 is 0 Å². The Bertz CT molecular complexity index is 1080. The highest BCUT2D eigenvalue weighted by atomic mass is 16.5. The summed E-state index contributed by atoms with van der Waals surface area (Å²) < 4.78 is 12.5. The molecule has 2 aromatic heterocycles. The molecule has 28 heavy (non-hydrogen) atoms. The van der Waals surface area contributed by atoms with E-state index in [2.05, 4.69) is 15.4 Å². The average molecular weight is 378 g/mol. The number of rotatable bonds is 3. The van der Waals surface area contributed by atoms with E-state index in [0.717, 1.165) is 17.0 Å². The van der Waals surface area contributed by atoms with Crippen molar-refractivity contribution < 1.29 is 19.1 Å². The van der Waals surface area contributed by atoms with Crippen molar-refractivity contribution in [3.05, 3.63) is 65.5 Å². The van der Waals surface area contributed by atoms with E-state index in [-0.39, 0.29) is 17.5 Å². The number of carbonyl (C=O) groups excluding carboxylic acids is 1. The van der Waals surface area contributed by atoms with Gasteiger partial charge in [-0.2, -0.15) is 10.1 Å². The predicted molar refractivity (Wildman–Crippen MR) is 99.2 cm³/mol. The Balaban J connectivity index is 1.63. The highest BCUT2D eigenvalue weighted by molar-refractivity contribution is 6.00. The number of furan rings is 1. The zero-order valence-electron chi connectivity index (χ0n) is 15.1. The molecule has 2 atom stereocenters. The van der Waals surface area contributed by atoms with Gasteiger partial charge in [-0.1, -0.05) is 6.07 Å². The van der Waals surface area contributed by atoms with Gasteiger partial charge in [-0.25, -0.2) is 4.68 Å². The molecule has 3 aromatic rings. The quantitative estimate of drug-likeness (QED) is 0.722. The van der Waals surface area contributed by atoms with Crippen LogP contribution in [0.3, 0.4) is 0 Å². The molecule has 8 nitrogen and oxygen atoms in total. The second-order valence-electron chi connectivity index (χ2n) is 6.92. The first-order chi connectivity index (χ1) is 13.7. The number of benzene rings is 1. The van der Waals surface area contributed by atoms with Crippen molar-refractivity contribution in [1.29, 1.82) is 0 Å². The number of ketones is 1. The highest BCUT2D eigenvalue weighted by Crippen LogP contribution is 2.44. The number of phenols is 1. The molecule has 0 saturated carbocycles. The van der Waals surface area contributed by atoms with Gasteiger partial charge in [0.2, 0.25) is 5.95 Å². The summed E-state index contributed by atoms with van der Waals surface area (Å²) in [5.74, 6) is 1.78. The summed E-state index contributed by atoms with van der Waals surface area (Å²) in [5, 5.41) is 17.5. The van der Waals surface area contributed by atoms with Crippen LogP contribution in [0.25, 0.3) is 0 Å². The third-order valence-corrected chi connectivity index (χ3v) is 5.33. The maximum atomic E-state index is 13.2. The number of nitrogens with one attached hydrogen (secondary N) is 1. The van der Waals surface area contributed by atoms with Crippen molar-refractivity contribution in [2.45, 2.75) is 24.8 Å². The zero-order chi connectivity index (χ0) is 19.3. The minimum Gasteiger partial charge on any atom is -0.504 e. The molecule has 142 valence electrons. The van der Waals surface area contributed by atoms with Crippen LogP contribution in [-0.2, 0) is 4.79 Å². The number of hydrogen-bond donors (Lipinski definition) is 2. The van der Waals surface area contributed by atoms with Crippen LogP contribution < -0.4 is 10.1 Å². The molecule has 1 aliphatic heterocycles. The SMILES string of the molecule is COc1cc([C@@H]2C3=C(C[C@H](c4ccco4)CC3=O)Nc3ncnn32)ccc1O. The Morgan fingerprint density at radius 3 is 3.00 bits per heavy atom. The summed E-state index contributed by atoms with van der Waals surface area (Å²) in [5.41, 5.74) is 2.28. The molecule has 0 bridgehead atoms. The largest absolute Gasteiger partial charge is 0.504 e. The van der Waals surface area contributed by atoms with Crippen molar-refractivity contribution in [2.75, 3.05) is 12.4 Å². The lowest BCUT2D eigenvalue weighted by molar-refractivity contribution is -0.117. The van der Waals surface area contributed by atoms with Crippen molar-refractivity contribution in [3.63, 3.8) is 0 Å². The molecule has 0 spiro atoms. The smallest absolute Gasteiger partial charge is 0.226 e. The fourth-order valence-corrected chi connectivity index (χ4v) is 4.05. The number of Topliss-reactive ketones (excluding diaryl/α,β-unsaturated/α-hetero) is 1. The topological polar surface area (TPSA) is 102 Å². The Hall–Kier alpha value is -3.55. The molecular weight excluding hydrogens is 360 g/mol. The fraction of sp³-hybridized carbons (Fsp3) is 0.250. The average Bonchev–Trinajstić information content (AvgIpc) is 3.38. The normalized spacial score (nSPS) is 21.1. The number of ether oxygens (including phenoxy) is 1. The molecule has 0 fully saturated rings. The van der Waals surface area contributed by atoms with Crippen LogP contribution in [0.15, 0.2) is 58.6 Å². The van der Waals surface area contributed by atoms with Crippen LogP contribution >= 0.6 is 0 Å². The Labute approximate surface area is 160 Å². The Morgan fingerprint density at radius 1 is 1.32 bits per heavy atom. The molecule has 1 aliphatic carbocycles. The molecule has 3 heterocycles. The van der Waals surface area contributed by atoms with Crippen molar-refractivity contribution in [2.24, 2.45) is 0 Å². The zero-order valence-corrected chi connectivity index (χ0v) is 15.1. The molecule has 0 radical (unpaired) electrons. The highest BCUT2D eigenvalue weighted by Gasteiger charge is 2.40. The third kappa shape index (κ3) is 2.49. The number of methoxy groups -OCH3 is 1. The van der Waals surface area contributed by atoms with Crippen LogP contribution in [0.1, 0.15) is 36.1 Å². The monoisotopic (exact) mass is 378 g/mol. The molecule has 0 saturated heterocycles. The van der Waals surface area contributed by atoms with E-state index in [0.29, 0.717) is 30.1 Å². The first kappa shape index (κ1) is 16.6. The third-order valence-electron chi connectivity index (χ3n) is 5.33. The van der Waals surface area contributed by atoms with Gasteiger partial charge in [0.1, 0.15) is 18.1 Å². The van der Waals surface area contributed by atoms with Crippen LogP contribution in [0.2, 0.25) is 0 Å². The van der Waals surface area contributed by atoms with Crippen molar-refractivity contribution in [3.8, 4) is 11.5 Å². The summed E-state index contributed by atoms with van der Waals surface area (Å²) in [6.45, 7) is 0. The first-order valence-electron chi connectivity index (χ1n) is 8.98. The summed E-state index contributed by atoms with van der Waals surface area (Å²) in [6.07, 6.45) is 4.09. The summed E-state index contributed by atoms with van der Waals surface area (Å²) >= 11 is 0. The van der Waals surface area contributed by atoms with Gasteiger partial charge in [-0.15, -0.1) is 0 Å². The van der Waals surface area contributed by atoms with Crippen molar-refractivity contribution in [1.82, 2.24) is 14.8 Å². The molecule has 0 unspecified atom stereocenters. The molecule has 1 aromatic carbocycles. The molecule has 5 rings (SSSR count). The second kappa shape index (κ2) is 6.26. The number of nitrogens with zero attached hydrogens (tertiary/aromatic N) is 3. The number of hydrogen-bond acceptors (Lipinski definition) is 7. The van der Waals surface area contributed by atoms with Crippen molar-refractivity contribution >= 4 is 11.7 Å². The van der Waals surface area contributed by atoms with E-state index in [1.54, 1.807) is 29.1 Å². The van der Waals surface area contributed by atoms with Gasteiger partial charge in [-0.3, -0.25) is 4.79 Å². The lowest BCUT2D eigenvalue weighted by Gasteiger charge is -2.34. The minimum absolute atomic E-state index is 0.0155. The van der Waals surface area contributed by atoms with Crippen LogP contribution in [0.4, 0.5) is 5.95 Å². The van der Waals surface area contributed by atoms with Crippen LogP contribution in [-0.4, -0.2) is 32.8 Å². The lowest BCUT2D eigenvalue weighted by Crippen LogP contribution is -2.33. The summed E-state index contributed by atoms with van der Waals surface area (Å²) in [4.78, 5) is 17.5. The van der Waals surface area contributed by atoms with E-state index in [9.17, 15) is 9.90 Å². The van der Waals surface area contributed by atoms with E-state index in [4.69, 9.17) is 9.15 Å². The lowest BCUT2D eigenvalue weighted by atomic mass is 9.79. The number of fused-ring (bicyclic) bond motifs is 1. The number of aromatic nitrogens is 3. The Kier molecular flexibility index (Phi) is 3.71. The Morgan fingerprint density at radius 2 is 2.21 bits per heavy atom. The van der Waals surface area contributed by atoms with E-state index in [1.165, 1.54) is 13.4 Å². The fourth-order valence-electron chi connectivity index (χ4n) is 4.05. The first-order valence-corrected chi connectivity index (χ1v) is 8.98. The van der Waals surface area contributed by atoms with Gasteiger partial charge >= 0.3 is 0 Å². The minimum atomic E-state index is -0.437. The van der Waals surface area contributed by atoms with Gasteiger partial charge in [-0.05, 0) is 36.2 Å². The van der Waals surface area contributed by atoms with Crippen LogP contribution in [0, 0.1) is 0 Å². The van der Waals surface area contributed by atoms with Gasteiger partial charge in [0.05, 0.1) is 13.4 Å². The summed E-state index contributed by atoms with van der Waals surface area (Å²) in [6, 6.07) is 8.36. The van der Waals surface area contributed by atoms with Gasteiger partial charge < -0.3 is 19.6 Å². The number of phenolic OH excluding ortho intramolecular Hbond substituents is 1. The second-order valence-corrected chi connectivity index (χ2v) is 6.92. The van der Waals surface area contributed by atoms with Crippen LogP contribution in [0.5, 0.6) is 11.5 Å². The predicted octanol–water partition coefficient (Wildman–Crippen LogP) is 3.00. The van der Waals surface area contributed by atoms with E-state index in [1.807, 2.05) is 12.1 Å². The standard InChI is InChI=1S/C20H18N4O4/c1-27-17-9-11(4-5-14(17)25)19-18-13(23-20-21-10-22-24(19)20)7-12(8-15(18)26)16-3-2-6-28-16/h2-6,9-10,12,19,25H,7-8H2,1H3,(H,21,22,23)/t12-,19+/m0/s1. The van der Waals surface area contributed by atoms with Gasteiger partial charge in [0.15, 0.2) is 17.3 Å². The van der Waals surface area contributed by atoms with Gasteiger partial charge in [0.25, 0.3) is 0 Å². The molecule has 8 heteroatoms. The molecular formula is C20H18N4O4. The summed E-state index contributed by atoms with van der Waals surface area (Å²) in [7, 11) is 1.49. The number of carbonyl (C=O) groups is 1.